The van der Waals surface area contributed by atoms with Crippen LogP contribution in [0.15, 0.2) is 48.5 Å². The molecule has 2 heterocycles. The van der Waals surface area contributed by atoms with Gasteiger partial charge >= 0.3 is 0 Å². The zero-order valence-corrected chi connectivity index (χ0v) is 19.2. The van der Waals surface area contributed by atoms with Crippen molar-refractivity contribution in [3.8, 4) is 5.75 Å². The number of piperidine rings is 1. The van der Waals surface area contributed by atoms with Crippen LogP contribution in [-0.4, -0.2) is 47.1 Å². The Morgan fingerprint density at radius 3 is 2.81 bits per heavy atom. The molecule has 2 aromatic carbocycles. The van der Waals surface area contributed by atoms with Crippen LogP contribution in [0.2, 0.25) is 5.02 Å². The molecular weight excluding hydrogens is 448 g/mol. The Bertz CT molecular complexity index is 1100. The zero-order chi connectivity index (χ0) is 22.5. The molecule has 1 atom stereocenters. The zero-order valence-electron chi connectivity index (χ0n) is 17.6. The summed E-state index contributed by atoms with van der Waals surface area (Å²) >= 11 is 7.16. The van der Waals surface area contributed by atoms with Crippen LogP contribution in [0.25, 0.3) is 0 Å². The van der Waals surface area contributed by atoms with E-state index < -0.39 is 0 Å². The van der Waals surface area contributed by atoms with Gasteiger partial charge in [0.1, 0.15) is 10.8 Å². The van der Waals surface area contributed by atoms with E-state index in [1.54, 1.807) is 31.4 Å². The number of likely N-dealkylation sites (tertiary alicyclic amines) is 1. The first kappa shape index (κ1) is 22.2. The van der Waals surface area contributed by atoms with Crippen LogP contribution in [0.3, 0.4) is 0 Å². The van der Waals surface area contributed by atoms with Gasteiger partial charge in [0.15, 0.2) is 0 Å². The highest BCUT2D eigenvalue weighted by atomic mass is 35.5. The first-order valence-electron chi connectivity index (χ1n) is 10.3. The van der Waals surface area contributed by atoms with Crippen LogP contribution in [-0.2, 0) is 11.2 Å². The molecule has 9 heteroatoms. The summed E-state index contributed by atoms with van der Waals surface area (Å²) in [6.45, 7) is 1.30. The van der Waals surface area contributed by atoms with E-state index >= 15 is 0 Å². The van der Waals surface area contributed by atoms with Crippen molar-refractivity contribution in [2.24, 2.45) is 0 Å². The van der Waals surface area contributed by atoms with E-state index in [4.69, 9.17) is 16.3 Å². The van der Waals surface area contributed by atoms with Crippen LogP contribution in [0.5, 0.6) is 5.75 Å². The number of aromatic nitrogens is 2. The Balaban J connectivity index is 1.38. The van der Waals surface area contributed by atoms with E-state index in [2.05, 4.69) is 15.5 Å². The van der Waals surface area contributed by atoms with Gasteiger partial charge in [-0.25, -0.2) is 0 Å². The number of ether oxygens (including phenoxy) is 1. The molecule has 1 aliphatic rings. The summed E-state index contributed by atoms with van der Waals surface area (Å²) in [5, 5.41) is 12.8. The maximum absolute atomic E-state index is 12.9. The molecule has 7 nitrogen and oxygen atoms in total. The van der Waals surface area contributed by atoms with Crippen LogP contribution >= 0.6 is 22.9 Å². The van der Waals surface area contributed by atoms with Crippen molar-refractivity contribution in [3.05, 3.63) is 69.1 Å². The largest absolute Gasteiger partial charge is 0.497 e. The minimum atomic E-state index is -0.308. The Labute approximate surface area is 195 Å². The lowest BCUT2D eigenvalue weighted by atomic mass is 9.98. The standard InChI is InChI=1S/C23H23ClN4O3S/c1-31-19-6-2-4-15(12-19)13-20(29)28-11-3-5-16(14-28)22-26-27-23(32-22)21(30)25-18-9-7-17(24)8-10-18/h2,4,6-10,12,16H,3,5,11,13-14H2,1H3,(H,25,30). The van der Waals surface area contributed by atoms with Crippen molar-refractivity contribution in [2.75, 3.05) is 25.5 Å². The number of benzene rings is 2. The fraction of sp³-hybridized carbons (Fsp3) is 0.304. The van der Waals surface area contributed by atoms with Gasteiger partial charge in [-0.1, -0.05) is 35.1 Å². The lowest BCUT2D eigenvalue weighted by molar-refractivity contribution is -0.131. The summed E-state index contributed by atoms with van der Waals surface area (Å²) in [5.74, 6) is 0.587. The van der Waals surface area contributed by atoms with Crippen molar-refractivity contribution >= 4 is 40.4 Å². The molecule has 1 aliphatic heterocycles. The van der Waals surface area contributed by atoms with E-state index in [-0.39, 0.29) is 17.7 Å². The number of nitrogens with one attached hydrogen (secondary N) is 1. The first-order valence-corrected chi connectivity index (χ1v) is 11.5. The SMILES string of the molecule is COc1cccc(CC(=O)N2CCCC(c3nnc(C(=O)Nc4ccc(Cl)cc4)s3)C2)c1. The highest BCUT2D eigenvalue weighted by Crippen LogP contribution is 2.30. The lowest BCUT2D eigenvalue weighted by Gasteiger charge is -2.31. The summed E-state index contributed by atoms with van der Waals surface area (Å²) in [4.78, 5) is 27.3. The monoisotopic (exact) mass is 470 g/mol. The molecule has 32 heavy (non-hydrogen) atoms. The van der Waals surface area contributed by atoms with E-state index in [1.807, 2.05) is 29.2 Å². The molecule has 1 N–H and O–H groups in total. The number of amides is 2. The number of methoxy groups -OCH3 is 1. The first-order chi connectivity index (χ1) is 15.5. The summed E-state index contributed by atoms with van der Waals surface area (Å²) in [6.07, 6.45) is 2.13. The lowest BCUT2D eigenvalue weighted by Crippen LogP contribution is -2.39. The highest BCUT2D eigenvalue weighted by molar-refractivity contribution is 7.13. The second kappa shape index (κ2) is 10.1. The minimum Gasteiger partial charge on any atom is -0.497 e. The third-order valence-corrected chi connectivity index (χ3v) is 6.69. The Kier molecular flexibility index (Phi) is 7.02. The van der Waals surface area contributed by atoms with E-state index in [0.717, 1.165) is 35.7 Å². The molecule has 0 bridgehead atoms. The average molecular weight is 471 g/mol. The van der Waals surface area contributed by atoms with Crippen molar-refractivity contribution in [3.63, 3.8) is 0 Å². The molecule has 4 rings (SSSR count). The second-order valence-corrected chi connectivity index (χ2v) is 9.06. The molecule has 0 aliphatic carbocycles. The predicted octanol–water partition coefficient (Wildman–Crippen LogP) is 4.40. The Morgan fingerprint density at radius 1 is 1.22 bits per heavy atom. The number of carbonyl (C=O) groups excluding carboxylic acids is 2. The summed E-state index contributed by atoms with van der Waals surface area (Å²) in [5.41, 5.74) is 1.57. The van der Waals surface area contributed by atoms with Gasteiger partial charge < -0.3 is 15.0 Å². The van der Waals surface area contributed by atoms with Gasteiger partial charge in [0, 0.05) is 29.7 Å². The molecule has 1 aromatic heterocycles. The Morgan fingerprint density at radius 2 is 2.03 bits per heavy atom. The van der Waals surface area contributed by atoms with Crippen LogP contribution in [0.1, 0.15) is 39.1 Å². The summed E-state index contributed by atoms with van der Waals surface area (Å²) in [6, 6.07) is 14.4. The fourth-order valence-electron chi connectivity index (χ4n) is 3.68. The molecule has 2 amide bonds. The summed E-state index contributed by atoms with van der Waals surface area (Å²) < 4.78 is 5.24. The van der Waals surface area contributed by atoms with Crippen LogP contribution < -0.4 is 10.1 Å². The fourth-order valence-corrected chi connectivity index (χ4v) is 4.67. The van der Waals surface area contributed by atoms with Gasteiger partial charge in [0.05, 0.1) is 13.5 Å². The van der Waals surface area contributed by atoms with E-state index in [9.17, 15) is 9.59 Å². The van der Waals surface area contributed by atoms with Crippen LogP contribution in [0.4, 0.5) is 5.69 Å². The molecule has 0 radical (unpaired) electrons. The van der Waals surface area contributed by atoms with Crippen molar-refractivity contribution in [1.29, 1.82) is 0 Å². The predicted molar refractivity (Wildman–Crippen MR) is 125 cm³/mol. The second-order valence-electron chi connectivity index (χ2n) is 7.61. The minimum absolute atomic E-state index is 0.0765. The normalized spacial score (nSPS) is 15.9. The average Bonchev–Trinajstić information content (AvgIpc) is 3.31. The van der Waals surface area contributed by atoms with Crippen molar-refractivity contribution in [2.45, 2.75) is 25.2 Å². The van der Waals surface area contributed by atoms with E-state index in [1.165, 1.54) is 11.3 Å². The molecule has 1 saturated heterocycles. The molecule has 1 unspecified atom stereocenters. The van der Waals surface area contributed by atoms with Gasteiger partial charge in [-0.05, 0) is 54.8 Å². The van der Waals surface area contributed by atoms with Gasteiger partial charge in [0.2, 0.25) is 10.9 Å². The third-order valence-electron chi connectivity index (χ3n) is 5.35. The molecule has 166 valence electrons. The quantitative estimate of drug-likeness (QED) is 0.577. The highest BCUT2D eigenvalue weighted by Gasteiger charge is 2.28. The maximum Gasteiger partial charge on any atom is 0.286 e. The number of anilines is 1. The van der Waals surface area contributed by atoms with Gasteiger partial charge in [-0.2, -0.15) is 0 Å². The van der Waals surface area contributed by atoms with Gasteiger partial charge in [-0.3, -0.25) is 9.59 Å². The number of halogens is 1. The maximum atomic E-state index is 12.9. The molecule has 0 saturated carbocycles. The third kappa shape index (κ3) is 5.44. The topological polar surface area (TPSA) is 84.4 Å². The van der Waals surface area contributed by atoms with Gasteiger partial charge in [-0.15, -0.1) is 10.2 Å². The smallest absolute Gasteiger partial charge is 0.286 e. The molecule has 1 fully saturated rings. The number of rotatable bonds is 6. The molecular formula is C23H23ClN4O3S. The van der Waals surface area contributed by atoms with Crippen molar-refractivity contribution < 1.29 is 14.3 Å². The number of nitrogens with zero attached hydrogens (tertiary/aromatic N) is 3. The number of carbonyl (C=O) groups is 2. The Hall–Kier alpha value is -2.97. The van der Waals surface area contributed by atoms with Gasteiger partial charge in [0.25, 0.3) is 5.91 Å². The molecule has 0 spiro atoms. The van der Waals surface area contributed by atoms with Crippen molar-refractivity contribution in [1.82, 2.24) is 15.1 Å². The van der Waals surface area contributed by atoms with E-state index in [0.29, 0.717) is 28.7 Å². The number of hydrogen-bond donors (Lipinski definition) is 1. The number of hydrogen-bond acceptors (Lipinski definition) is 6. The summed E-state index contributed by atoms with van der Waals surface area (Å²) in [7, 11) is 1.61. The van der Waals surface area contributed by atoms with Crippen LogP contribution in [0, 0.1) is 0 Å². The molecule has 3 aromatic rings.